The number of hydrogen-bond donors (Lipinski definition) is 0. The van der Waals surface area contributed by atoms with Crippen LogP contribution in [0.3, 0.4) is 0 Å². The predicted molar refractivity (Wildman–Crippen MR) is 119 cm³/mol. The number of halogens is 3. The van der Waals surface area contributed by atoms with Crippen molar-refractivity contribution in [3.63, 3.8) is 0 Å². The lowest BCUT2D eigenvalue weighted by molar-refractivity contribution is 0.0691. The molecule has 1 heterocycles. The first-order valence-corrected chi connectivity index (χ1v) is 10.5. The Morgan fingerprint density at radius 3 is 2.42 bits per heavy atom. The van der Waals surface area contributed by atoms with E-state index in [-0.39, 0.29) is 16.5 Å². The summed E-state index contributed by atoms with van der Waals surface area (Å²) >= 11 is 12.6. The number of amides is 1. The molecule has 0 aromatic heterocycles. The Kier molecular flexibility index (Phi) is 6.08. The molecule has 1 atom stereocenters. The highest BCUT2D eigenvalue weighted by molar-refractivity contribution is 6.31. The summed E-state index contributed by atoms with van der Waals surface area (Å²) in [6.45, 7) is 0.378. The maximum atomic E-state index is 15.1. The second kappa shape index (κ2) is 8.77. The van der Waals surface area contributed by atoms with E-state index in [2.05, 4.69) is 0 Å². The van der Waals surface area contributed by atoms with Crippen molar-refractivity contribution in [2.24, 2.45) is 0 Å². The number of carbonyl (C=O) groups is 1. The topological polar surface area (TPSA) is 38.8 Å². The largest absolute Gasteiger partial charge is 0.493 e. The zero-order chi connectivity index (χ0) is 22.1. The van der Waals surface area contributed by atoms with Crippen LogP contribution in [-0.2, 0) is 6.42 Å². The van der Waals surface area contributed by atoms with Gasteiger partial charge in [-0.25, -0.2) is 4.39 Å². The summed E-state index contributed by atoms with van der Waals surface area (Å²) in [6.07, 6.45) is 0.574. The second-order valence-corrected chi connectivity index (χ2v) is 8.05. The molecule has 0 aliphatic carbocycles. The minimum absolute atomic E-state index is 0.243. The number of ether oxygens (including phenoxy) is 2. The molecule has 3 aromatic carbocycles. The van der Waals surface area contributed by atoms with Crippen molar-refractivity contribution < 1.29 is 18.7 Å². The third kappa shape index (κ3) is 3.95. The maximum Gasteiger partial charge on any atom is 0.254 e. The number of nitrogens with zero attached hydrogens (tertiary/aromatic N) is 1. The van der Waals surface area contributed by atoms with Crippen molar-refractivity contribution in [1.29, 1.82) is 0 Å². The first kappa shape index (κ1) is 21.5. The molecule has 1 amide bonds. The molecular weight excluding hydrogens is 440 g/mol. The van der Waals surface area contributed by atoms with Crippen molar-refractivity contribution in [3.05, 3.63) is 92.7 Å². The minimum Gasteiger partial charge on any atom is -0.493 e. The van der Waals surface area contributed by atoms with Gasteiger partial charge in [0.15, 0.2) is 11.5 Å². The molecule has 4 nitrogen and oxygen atoms in total. The molecule has 0 bridgehead atoms. The molecule has 0 radical (unpaired) electrons. The summed E-state index contributed by atoms with van der Waals surface area (Å²) in [5.74, 6) is 0.335. The number of methoxy groups -OCH3 is 2. The summed E-state index contributed by atoms with van der Waals surface area (Å²) in [6, 6.07) is 14.2. The van der Waals surface area contributed by atoms with E-state index in [0.29, 0.717) is 35.1 Å². The lowest BCUT2D eigenvalue weighted by atomic mass is 9.87. The highest BCUT2D eigenvalue weighted by atomic mass is 35.5. The molecule has 0 N–H and O–H groups in total. The van der Waals surface area contributed by atoms with Crippen LogP contribution in [0.15, 0.2) is 54.6 Å². The van der Waals surface area contributed by atoms with E-state index in [1.54, 1.807) is 54.5 Å². The molecule has 1 aliphatic heterocycles. The maximum absolute atomic E-state index is 15.1. The number of fused-ring (bicyclic) bond motifs is 1. The monoisotopic (exact) mass is 459 g/mol. The quantitative estimate of drug-likeness (QED) is 0.484. The van der Waals surface area contributed by atoms with E-state index in [0.717, 1.165) is 11.1 Å². The molecule has 1 aliphatic rings. The van der Waals surface area contributed by atoms with Crippen molar-refractivity contribution in [1.82, 2.24) is 4.90 Å². The van der Waals surface area contributed by atoms with Gasteiger partial charge in [-0.1, -0.05) is 35.3 Å². The van der Waals surface area contributed by atoms with Gasteiger partial charge >= 0.3 is 0 Å². The predicted octanol–water partition coefficient (Wildman–Crippen LogP) is 5.94. The van der Waals surface area contributed by atoms with Gasteiger partial charge in [0.1, 0.15) is 5.82 Å². The molecule has 4 rings (SSSR count). The zero-order valence-electron chi connectivity index (χ0n) is 17.0. The van der Waals surface area contributed by atoms with E-state index < -0.39 is 11.9 Å². The summed E-state index contributed by atoms with van der Waals surface area (Å²) in [7, 11) is 3.10. The Balaban J connectivity index is 1.92. The van der Waals surface area contributed by atoms with Gasteiger partial charge in [-0.3, -0.25) is 4.79 Å². The van der Waals surface area contributed by atoms with Crippen LogP contribution in [0.25, 0.3) is 0 Å². The van der Waals surface area contributed by atoms with Crippen molar-refractivity contribution >= 4 is 29.1 Å². The Labute approximate surface area is 190 Å². The van der Waals surface area contributed by atoms with Gasteiger partial charge in [-0.05, 0) is 60.0 Å². The zero-order valence-corrected chi connectivity index (χ0v) is 18.5. The highest BCUT2D eigenvalue weighted by Crippen LogP contribution is 2.44. The van der Waals surface area contributed by atoms with E-state index in [1.165, 1.54) is 13.2 Å². The molecule has 3 aromatic rings. The van der Waals surface area contributed by atoms with Crippen LogP contribution in [0.1, 0.15) is 33.1 Å². The number of rotatable bonds is 4. The smallest absolute Gasteiger partial charge is 0.254 e. The second-order valence-electron chi connectivity index (χ2n) is 7.20. The van der Waals surface area contributed by atoms with Gasteiger partial charge in [0, 0.05) is 27.7 Å². The molecule has 0 saturated heterocycles. The lowest BCUT2D eigenvalue weighted by Gasteiger charge is -2.38. The van der Waals surface area contributed by atoms with Gasteiger partial charge in [0.25, 0.3) is 5.91 Å². The minimum atomic E-state index is -0.733. The third-order valence-corrected chi connectivity index (χ3v) is 6.04. The van der Waals surface area contributed by atoms with Crippen LogP contribution in [0.4, 0.5) is 4.39 Å². The SMILES string of the molecule is COc1cc2c(cc1OC)[C@H](c1c(F)cccc1Cl)N(C(=O)c1cccc(Cl)c1)CC2. The average Bonchev–Trinajstić information content (AvgIpc) is 2.77. The number of benzene rings is 3. The van der Waals surface area contributed by atoms with Crippen molar-refractivity contribution in [2.45, 2.75) is 12.5 Å². The Bertz CT molecular complexity index is 1130. The van der Waals surface area contributed by atoms with E-state index in [9.17, 15) is 4.79 Å². The average molecular weight is 460 g/mol. The third-order valence-electron chi connectivity index (χ3n) is 5.48. The summed E-state index contributed by atoms with van der Waals surface area (Å²) < 4.78 is 26.0. The van der Waals surface area contributed by atoms with Crippen LogP contribution in [-0.4, -0.2) is 31.6 Å². The summed E-state index contributed by atoms with van der Waals surface area (Å²) in [4.78, 5) is 15.1. The van der Waals surface area contributed by atoms with Gasteiger partial charge in [0.2, 0.25) is 0 Å². The van der Waals surface area contributed by atoms with Crippen LogP contribution in [0.2, 0.25) is 10.0 Å². The molecule has 160 valence electrons. The first-order valence-electron chi connectivity index (χ1n) is 9.69. The van der Waals surface area contributed by atoms with Gasteiger partial charge < -0.3 is 14.4 Å². The Morgan fingerprint density at radius 1 is 1.03 bits per heavy atom. The lowest BCUT2D eigenvalue weighted by Crippen LogP contribution is -2.41. The molecular formula is C24H20Cl2FNO3. The first-order chi connectivity index (χ1) is 14.9. The fourth-order valence-electron chi connectivity index (χ4n) is 4.04. The number of hydrogen-bond acceptors (Lipinski definition) is 3. The van der Waals surface area contributed by atoms with Crippen LogP contribution < -0.4 is 9.47 Å². The fraction of sp³-hybridized carbons (Fsp3) is 0.208. The van der Waals surface area contributed by atoms with Crippen LogP contribution in [0, 0.1) is 5.82 Å². The van der Waals surface area contributed by atoms with Gasteiger partial charge in [-0.2, -0.15) is 0 Å². The van der Waals surface area contributed by atoms with Crippen LogP contribution in [0.5, 0.6) is 11.5 Å². The normalized spacial score (nSPS) is 15.4. The van der Waals surface area contributed by atoms with Gasteiger partial charge in [-0.15, -0.1) is 0 Å². The van der Waals surface area contributed by atoms with E-state index in [1.807, 2.05) is 6.07 Å². The van der Waals surface area contributed by atoms with Crippen LogP contribution >= 0.6 is 23.2 Å². The van der Waals surface area contributed by atoms with Crippen molar-refractivity contribution in [3.8, 4) is 11.5 Å². The fourth-order valence-corrected chi connectivity index (χ4v) is 4.49. The molecule has 0 fully saturated rings. The summed E-state index contributed by atoms with van der Waals surface area (Å²) in [5.41, 5.74) is 2.35. The molecule has 7 heteroatoms. The molecule has 0 saturated carbocycles. The van der Waals surface area contributed by atoms with E-state index >= 15 is 4.39 Å². The molecule has 31 heavy (non-hydrogen) atoms. The highest BCUT2D eigenvalue weighted by Gasteiger charge is 2.36. The number of carbonyl (C=O) groups excluding carboxylic acids is 1. The van der Waals surface area contributed by atoms with E-state index in [4.69, 9.17) is 32.7 Å². The standard InChI is InChI=1S/C24H20Cl2FNO3/c1-30-20-12-14-9-10-28(24(29)15-5-3-6-16(25)11-15)23(17(14)13-21(20)31-2)22-18(26)7-4-8-19(22)27/h3-8,11-13,23H,9-10H2,1-2H3/t23-/m1/s1. The molecule has 0 unspecified atom stereocenters. The Morgan fingerprint density at radius 2 is 1.74 bits per heavy atom. The van der Waals surface area contributed by atoms with Crippen molar-refractivity contribution in [2.75, 3.05) is 20.8 Å². The van der Waals surface area contributed by atoms with Gasteiger partial charge in [0.05, 0.1) is 20.3 Å². The summed E-state index contributed by atoms with van der Waals surface area (Å²) in [5, 5.41) is 0.701. The molecule has 0 spiro atoms. The Hall–Kier alpha value is -2.76.